The largest absolute Gasteiger partial charge is 0.418 e. The molecule has 2 atom stereocenters. The van der Waals surface area contributed by atoms with Crippen molar-refractivity contribution in [3.63, 3.8) is 0 Å². The van der Waals surface area contributed by atoms with Gasteiger partial charge in [0, 0.05) is 30.7 Å². The third-order valence-corrected chi connectivity index (χ3v) is 5.06. The molecule has 0 aliphatic carbocycles. The van der Waals surface area contributed by atoms with Crippen LogP contribution >= 0.6 is 0 Å². The van der Waals surface area contributed by atoms with Gasteiger partial charge in [-0.05, 0) is 42.7 Å². The van der Waals surface area contributed by atoms with Crippen LogP contribution in [0.5, 0.6) is 0 Å². The Morgan fingerprint density at radius 2 is 2.07 bits per heavy atom. The molecule has 152 valence electrons. The maximum atomic E-state index is 13.5. The van der Waals surface area contributed by atoms with Crippen molar-refractivity contribution in [2.45, 2.75) is 31.0 Å². The predicted molar refractivity (Wildman–Crippen MR) is 105 cm³/mol. The van der Waals surface area contributed by atoms with Crippen molar-refractivity contribution in [2.24, 2.45) is 4.99 Å². The van der Waals surface area contributed by atoms with Gasteiger partial charge in [-0.1, -0.05) is 18.2 Å². The van der Waals surface area contributed by atoms with Crippen LogP contribution in [0.2, 0.25) is 0 Å². The first-order chi connectivity index (χ1) is 13.9. The molecule has 2 N–H and O–H groups in total. The van der Waals surface area contributed by atoms with E-state index in [1.165, 1.54) is 18.3 Å². The second-order valence-corrected chi connectivity index (χ2v) is 7.08. The fourth-order valence-electron chi connectivity index (χ4n) is 3.57. The molecule has 2 aliphatic rings. The van der Waals surface area contributed by atoms with Gasteiger partial charge in [0.25, 0.3) is 0 Å². The van der Waals surface area contributed by atoms with Crippen LogP contribution in [-0.4, -0.2) is 31.4 Å². The molecule has 0 spiro atoms. The number of ether oxygens (including phenoxy) is 1. The van der Waals surface area contributed by atoms with Gasteiger partial charge in [0.05, 0.1) is 17.4 Å². The van der Waals surface area contributed by atoms with Crippen molar-refractivity contribution in [1.82, 2.24) is 0 Å². The minimum atomic E-state index is -4.53. The molecule has 2 aromatic carbocycles. The molecule has 5 nitrogen and oxygen atoms in total. The summed E-state index contributed by atoms with van der Waals surface area (Å²) >= 11 is 0. The molecular formula is C21H20F3N3O2. The quantitative estimate of drug-likeness (QED) is 0.710. The Balaban J connectivity index is 1.55. The molecule has 8 heteroatoms. The number of nitrogens with zero attached hydrogens (tertiary/aromatic N) is 1. The van der Waals surface area contributed by atoms with E-state index >= 15 is 0 Å². The van der Waals surface area contributed by atoms with Gasteiger partial charge in [0.15, 0.2) is 0 Å². The number of carbonyl (C=O) groups excluding carboxylic acids is 1. The maximum absolute atomic E-state index is 13.5. The van der Waals surface area contributed by atoms with E-state index in [1.54, 1.807) is 24.3 Å². The van der Waals surface area contributed by atoms with Gasteiger partial charge in [-0.3, -0.25) is 9.79 Å². The zero-order valence-corrected chi connectivity index (χ0v) is 15.5. The lowest BCUT2D eigenvalue weighted by molar-refractivity contribution is -0.137. The highest BCUT2D eigenvalue weighted by Gasteiger charge is 2.34. The van der Waals surface area contributed by atoms with Crippen molar-refractivity contribution < 1.29 is 22.7 Å². The average molecular weight is 403 g/mol. The van der Waals surface area contributed by atoms with Gasteiger partial charge in [-0.25, -0.2) is 0 Å². The zero-order valence-electron chi connectivity index (χ0n) is 15.5. The summed E-state index contributed by atoms with van der Waals surface area (Å²) in [6.07, 6.45) is -1.46. The van der Waals surface area contributed by atoms with E-state index in [9.17, 15) is 18.0 Å². The van der Waals surface area contributed by atoms with Crippen molar-refractivity contribution in [1.29, 1.82) is 0 Å². The summed E-state index contributed by atoms with van der Waals surface area (Å²) in [5.41, 5.74) is 0.792. The Morgan fingerprint density at radius 1 is 1.24 bits per heavy atom. The molecule has 0 saturated carbocycles. The third kappa shape index (κ3) is 4.27. The lowest BCUT2D eigenvalue weighted by Gasteiger charge is -2.17. The van der Waals surface area contributed by atoms with Crippen LogP contribution in [0.15, 0.2) is 47.5 Å². The number of anilines is 2. The molecule has 2 unspecified atom stereocenters. The van der Waals surface area contributed by atoms with Gasteiger partial charge >= 0.3 is 6.18 Å². The number of nitrogens with one attached hydrogen (secondary N) is 2. The lowest BCUT2D eigenvalue weighted by atomic mass is 10.0. The molecule has 1 amide bonds. The van der Waals surface area contributed by atoms with E-state index in [0.29, 0.717) is 18.8 Å². The smallest absolute Gasteiger partial charge is 0.382 e. The highest BCUT2D eigenvalue weighted by atomic mass is 19.4. The molecule has 1 fully saturated rings. The lowest BCUT2D eigenvalue weighted by Crippen LogP contribution is -2.20. The number of fused-ring (bicyclic) bond motifs is 1. The summed E-state index contributed by atoms with van der Waals surface area (Å²) in [4.78, 5) is 16.3. The number of benzene rings is 2. The number of alkyl halides is 3. The first-order valence-electron chi connectivity index (χ1n) is 9.42. The number of hydrogen-bond donors (Lipinski definition) is 2. The van der Waals surface area contributed by atoms with Crippen molar-refractivity contribution in [2.75, 3.05) is 23.8 Å². The minimum Gasteiger partial charge on any atom is -0.382 e. The van der Waals surface area contributed by atoms with Crippen LogP contribution in [0, 0.1) is 0 Å². The van der Waals surface area contributed by atoms with Crippen molar-refractivity contribution in [3.05, 3.63) is 53.6 Å². The van der Waals surface area contributed by atoms with Crippen LogP contribution in [0.3, 0.4) is 0 Å². The zero-order chi connectivity index (χ0) is 20.4. The molecule has 4 rings (SSSR count). The highest BCUT2D eigenvalue weighted by molar-refractivity contribution is 6.12. The molecule has 0 radical (unpaired) electrons. The molecule has 0 bridgehead atoms. The fraction of sp³-hybridized carbons (Fsp3) is 0.333. The number of halogens is 3. The number of amides is 1. The number of carbonyl (C=O) groups is 1. The van der Waals surface area contributed by atoms with Crippen LogP contribution < -0.4 is 10.6 Å². The Bertz CT molecular complexity index is 937. The monoisotopic (exact) mass is 403 g/mol. The maximum Gasteiger partial charge on any atom is 0.418 e. The number of para-hydroxylation sites is 1. The Morgan fingerprint density at radius 3 is 2.83 bits per heavy atom. The molecule has 1 saturated heterocycles. The van der Waals surface area contributed by atoms with Crippen molar-refractivity contribution >= 4 is 29.2 Å². The van der Waals surface area contributed by atoms with E-state index < -0.39 is 17.7 Å². The van der Waals surface area contributed by atoms with E-state index in [4.69, 9.17) is 4.74 Å². The Labute approximate surface area is 166 Å². The normalized spacial score (nSPS) is 21.4. The Hall–Kier alpha value is -2.87. The average Bonchev–Trinajstić information content (AvgIpc) is 3.31. The van der Waals surface area contributed by atoms with Gasteiger partial charge in [0.2, 0.25) is 5.91 Å². The van der Waals surface area contributed by atoms with Crippen LogP contribution in [-0.2, 0) is 15.7 Å². The van der Waals surface area contributed by atoms with Gasteiger partial charge in [0.1, 0.15) is 5.92 Å². The van der Waals surface area contributed by atoms with Gasteiger partial charge in [-0.2, -0.15) is 13.2 Å². The van der Waals surface area contributed by atoms with E-state index in [-0.39, 0.29) is 23.4 Å². The topological polar surface area (TPSA) is 62.7 Å². The van der Waals surface area contributed by atoms with E-state index in [1.807, 2.05) is 0 Å². The molecule has 2 heterocycles. The molecule has 0 aromatic heterocycles. The number of rotatable bonds is 5. The van der Waals surface area contributed by atoms with Crippen LogP contribution in [0.1, 0.15) is 29.9 Å². The molecular weight excluding hydrogens is 383 g/mol. The number of aliphatic imine (C=N–C) groups is 1. The first kappa shape index (κ1) is 19.4. The highest BCUT2D eigenvalue weighted by Crippen LogP contribution is 2.38. The second kappa shape index (κ2) is 7.87. The van der Waals surface area contributed by atoms with Crippen LogP contribution in [0.4, 0.5) is 30.2 Å². The second-order valence-electron chi connectivity index (χ2n) is 7.08. The summed E-state index contributed by atoms with van der Waals surface area (Å²) in [5.74, 6) is -0.876. The summed E-state index contributed by atoms with van der Waals surface area (Å²) < 4.78 is 46.1. The fourth-order valence-corrected chi connectivity index (χ4v) is 3.57. The van der Waals surface area contributed by atoms with Gasteiger partial charge in [-0.15, -0.1) is 0 Å². The standard InChI is InChI=1S/C21H20F3N3O2/c22-21(23,24)17-10-13(7-8-19(17)26-11-14-4-3-9-29-14)25-12-16-15-5-1-2-6-18(15)27-20(16)28/h1-2,5-8,10,12,14,16,26H,3-4,9,11H2,(H,27,28). The SMILES string of the molecule is O=C1Nc2ccccc2C1C=Nc1ccc(NCC2CCCO2)c(C(F)(F)F)c1. The Kier molecular flexibility index (Phi) is 5.27. The molecule has 2 aliphatic heterocycles. The van der Waals surface area contributed by atoms with E-state index in [2.05, 4.69) is 15.6 Å². The third-order valence-electron chi connectivity index (χ3n) is 5.06. The summed E-state index contributed by atoms with van der Waals surface area (Å²) in [5, 5.41) is 5.59. The van der Waals surface area contributed by atoms with Crippen LogP contribution in [0.25, 0.3) is 0 Å². The summed E-state index contributed by atoms with van der Waals surface area (Å²) in [6.45, 7) is 0.967. The molecule has 29 heavy (non-hydrogen) atoms. The summed E-state index contributed by atoms with van der Waals surface area (Å²) in [7, 11) is 0. The van der Waals surface area contributed by atoms with E-state index in [0.717, 1.165) is 24.5 Å². The number of hydrogen-bond acceptors (Lipinski definition) is 4. The first-order valence-corrected chi connectivity index (χ1v) is 9.42. The summed E-state index contributed by atoms with van der Waals surface area (Å²) in [6, 6.07) is 11.0. The van der Waals surface area contributed by atoms with Gasteiger partial charge < -0.3 is 15.4 Å². The predicted octanol–water partition coefficient (Wildman–Crippen LogP) is 4.73. The minimum absolute atomic E-state index is 0.00379. The molecule has 2 aromatic rings. The van der Waals surface area contributed by atoms with Crippen molar-refractivity contribution in [3.8, 4) is 0 Å².